The number of carbonyl (C=O) groups excluding carboxylic acids is 2. The van der Waals surface area contributed by atoms with Crippen molar-refractivity contribution in [3.63, 3.8) is 0 Å². The monoisotopic (exact) mass is 395 g/mol. The molecular formula is C20H21N5O2S. The van der Waals surface area contributed by atoms with E-state index in [1.165, 1.54) is 11.8 Å². The number of nitrogens with one attached hydrogen (secondary N) is 2. The van der Waals surface area contributed by atoms with Crippen LogP contribution in [0.15, 0.2) is 65.8 Å². The predicted molar refractivity (Wildman–Crippen MR) is 108 cm³/mol. The zero-order valence-electron chi connectivity index (χ0n) is 15.5. The van der Waals surface area contributed by atoms with Gasteiger partial charge in [0.15, 0.2) is 11.0 Å². The summed E-state index contributed by atoms with van der Waals surface area (Å²) in [5.74, 6) is 0.625. The molecule has 28 heavy (non-hydrogen) atoms. The molecule has 0 saturated carbocycles. The van der Waals surface area contributed by atoms with Crippen molar-refractivity contribution >= 4 is 23.6 Å². The Kier molecular flexibility index (Phi) is 6.80. The number of rotatable bonds is 8. The number of hydrogen-bond acceptors (Lipinski definition) is 5. The summed E-state index contributed by atoms with van der Waals surface area (Å²) in [4.78, 5) is 24.1. The molecule has 0 fully saturated rings. The van der Waals surface area contributed by atoms with Gasteiger partial charge in [0, 0.05) is 19.2 Å². The summed E-state index contributed by atoms with van der Waals surface area (Å²) >= 11 is 1.31. The quantitative estimate of drug-likeness (QED) is 0.571. The fourth-order valence-electron chi connectivity index (χ4n) is 2.45. The van der Waals surface area contributed by atoms with Crippen molar-refractivity contribution in [1.82, 2.24) is 25.4 Å². The van der Waals surface area contributed by atoms with Gasteiger partial charge in [0.2, 0.25) is 5.91 Å². The molecule has 2 aromatic carbocycles. The van der Waals surface area contributed by atoms with Crippen molar-refractivity contribution in [2.75, 3.05) is 5.75 Å². The molecule has 3 rings (SSSR count). The number of aromatic nitrogens is 3. The first-order valence-corrected chi connectivity index (χ1v) is 9.77. The molecule has 0 unspecified atom stereocenters. The van der Waals surface area contributed by atoms with Crippen LogP contribution in [0.2, 0.25) is 0 Å². The molecule has 0 aliphatic carbocycles. The van der Waals surface area contributed by atoms with Gasteiger partial charge in [-0.15, -0.1) is 10.2 Å². The number of amides is 2. The second-order valence-electron chi connectivity index (χ2n) is 6.06. The van der Waals surface area contributed by atoms with Crippen LogP contribution in [0.3, 0.4) is 0 Å². The van der Waals surface area contributed by atoms with Crippen LogP contribution in [0.25, 0.3) is 0 Å². The summed E-state index contributed by atoms with van der Waals surface area (Å²) in [5.41, 5.74) is 1.64. The molecule has 3 aromatic rings. The van der Waals surface area contributed by atoms with Gasteiger partial charge in [0.1, 0.15) is 0 Å². The minimum absolute atomic E-state index is 0.0733. The minimum atomic E-state index is -0.168. The number of benzene rings is 2. The third-order valence-electron chi connectivity index (χ3n) is 4.03. The van der Waals surface area contributed by atoms with Crippen LogP contribution in [-0.2, 0) is 24.9 Å². The summed E-state index contributed by atoms with van der Waals surface area (Å²) in [6, 6.07) is 18.7. The molecule has 0 aliphatic rings. The van der Waals surface area contributed by atoms with Crippen LogP contribution < -0.4 is 10.6 Å². The van der Waals surface area contributed by atoms with E-state index in [4.69, 9.17) is 0 Å². The van der Waals surface area contributed by atoms with Gasteiger partial charge in [-0.2, -0.15) is 0 Å². The molecule has 2 amide bonds. The molecule has 0 aliphatic heterocycles. The van der Waals surface area contributed by atoms with Crippen molar-refractivity contribution in [3.8, 4) is 0 Å². The van der Waals surface area contributed by atoms with Gasteiger partial charge in [-0.25, -0.2) is 0 Å². The van der Waals surface area contributed by atoms with Gasteiger partial charge < -0.3 is 15.2 Å². The van der Waals surface area contributed by atoms with E-state index in [0.29, 0.717) is 23.1 Å². The largest absolute Gasteiger partial charge is 0.351 e. The average Bonchev–Trinajstić information content (AvgIpc) is 3.09. The number of carbonyl (C=O) groups is 2. The Labute approximate surface area is 167 Å². The minimum Gasteiger partial charge on any atom is -0.351 e. The van der Waals surface area contributed by atoms with Crippen LogP contribution in [0.5, 0.6) is 0 Å². The second kappa shape index (κ2) is 9.70. The molecule has 2 N–H and O–H groups in total. The lowest BCUT2D eigenvalue weighted by Crippen LogP contribution is -2.25. The molecule has 0 radical (unpaired) electrons. The van der Waals surface area contributed by atoms with E-state index in [0.717, 1.165) is 5.56 Å². The second-order valence-corrected chi connectivity index (χ2v) is 7.00. The Hall–Kier alpha value is -3.13. The maximum atomic E-state index is 12.1. The highest BCUT2D eigenvalue weighted by Gasteiger charge is 2.13. The van der Waals surface area contributed by atoms with E-state index >= 15 is 0 Å². The molecule has 0 spiro atoms. The van der Waals surface area contributed by atoms with Crippen molar-refractivity contribution in [1.29, 1.82) is 0 Å². The van der Waals surface area contributed by atoms with E-state index in [9.17, 15) is 9.59 Å². The lowest BCUT2D eigenvalue weighted by Gasteiger charge is -2.07. The molecular weight excluding hydrogens is 374 g/mol. The summed E-state index contributed by atoms with van der Waals surface area (Å²) in [5, 5.41) is 14.5. The number of hydrogen-bond donors (Lipinski definition) is 2. The summed E-state index contributed by atoms with van der Waals surface area (Å²) in [6.45, 7) is 0.758. The van der Waals surface area contributed by atoms with Crippen LogP contribution in [0.4, 0.5) is 0 Å². The summed E-state index contributed by atoms with van der Waals surface area (Å²) in [7, 11) is 1.81. The third kappa shape index (κ3) is 5.43. The zero-order valence-corrected chi connectivity index (χ0v) is 16.3. The van der Waals surface area contributed by atoms with Crippen LogP contribution >= 0.6 is 11.8 Å². The first kappa shape index (κ1) is 19.6. The van der Waals surface area contributed by atoms with Crippen molar-refractivity contribution < 1.29 is 9.59 Å². The predicted octanol–water partition coefficient (Wildman–Crippen LogP) is 2.15. The number of thioether (sulfide) groups is 1. The Morgan fingerprint density at radius 1 is 0.929 bits per heavy atom. The fraction of sp³-hybridized carbons (Fsp3) is 0.200. The highest BCUT2D eigenvalue weighted by molar-refractivity contribution is 7.99. The first-order chi connectivity index (χ1) is 13.6. The SMILES string of the molecule is Cn1c(CNC(=O)c2ccccc2)nnc1SCC(=O)NCc1ccccc1. The van der Waals surface area contributed by atoms with Crippen LogP contribution in [-0.4, -0.2) is 32.3 Å². The lowest BCUT2D eigenvalue weighted by atomic mass is 10.2. The normalized spacial score (nSPS) is 10.5. The maximum Gasteiger partial charge on any atom is 0.251 e. The highest BCUT2D eigenvalue weighted by atomic mass is 32.2. The van der Waals surface area contributed by atoms with E-state index in [1.54, 1.807) is 16.7 Å². The first-order valence-electron chi connectivity index (χ1n) is 8.78. The molecule has 8 heteroatoms. The van der Waals surface area contributed by atoms with Gasteiger partial charge >= 0.3 is 0 Å². The molecule has 7 nitrogen and oxygen atoms in total. The molecule has 0 bridgehead atoms. The fourth-order valence-corrected chi connectivity index (χ4v) is 3.21. The van der Waals surface area contributed by atoms with E-state index in [2.05, 4.69) is 20.8 Å². The lowest BCUT2D eigenvalue weighted by molar-refractivity contribution is -0.118. The van der Waals surface area contributed by atoms with Gasteiger partial charge in [0.25, 0.3) is 5.91 Å². The number of nitrogens with zero attached hydrogens (tertiary/aromatic N) is 3. The molecule has 0 atom stereocenters. The van der Waals surface area contributed by atoms with Crippen LogP contribution in [0, 0.1) is 0 Å². The van der Waals surface area contributed by atoms with Crippen molar-refractivity contribution in [3.05, 3.63) is 77.6 Å². The molecule has 1 aromatic heterocycles. The topological polar surface area (TPSA) is 88.9 Å². The standard InChI is InChI=1S/C20H21N5O2S/c1-25-17(13-22-19(27)16-10-6-3-7-11-16)23-24-20(25)28-14-18(26)21-12-15-8-4-2-5-9-15/h2-11H,12-14H2,1H3,(H,21,26)(H,22,27). The van der Waals surface area contributed by atoms with E-state index in [-0.39, 0.29) is 24.1 Å². The maximum absolute atomic E-state index is 12.1. The molecule has 144 valence electrons. The smallest absolute Gasteiger partial charge is 0.251 e. The van der Waals surface area contributed by atoms with Gasteiger partial charge in [-0.3, -0.25) is 9.59 Å². The van der Waals surface area contributed by atoms with Gasteiger partial charge in [0.05, 0.1) is 12.3 Å². The Morgan fingerprint density at radius 3 is 2.32 bits per heavy atom. The summed E-state index contributed by atoms with van der Waals surface area (Å²) in [6.07, 6.45) is 0. The van der Waals surface area contributed by atoms with Crippen LogP contribution in [0.1, 0.15) is 21.7 Å². The Balaban J connectivity index is 1.46. The summed E-state index contributed by atoms with van der Waals surface area (Å²) < 4.78 is 1.78. The molecule has 0 saturated heterocycles. The van der Waals surface area contributed by atoms with Crippen molar-refractivity contribution in [2.45, 2.75) is 18.2 Å². The third-order valence-corrected chi connectivity index (χ3v) is 5.05. The van der Waals surface area contributed by atoms with Crippen molar-refractivity contribution in [2.24, 2.45) is 7.05 Å². The Bertz CT molecular complexity index is 928. The van der Waals surface area contributed by atoms with E-state index in [1.807, 2.05) is 55.6 Å². The van der Waals surface area contributed by atoms with Gasteiger partial charge in [-0.05, 0) is 17.7 Å². The highest BCUT2D eigenvalue weighted by Crippen LogP contribution is 2.15. The zero-order chi connectivity index (χ0) is 19.8. The Morgan fingerprint density at radius 2 is 1.61 bits per heavy atom. The molecule has 1 heterocycles. The van der Waals surface area contributed by atoms with E-state index < -0.39 is 0 Å². The average molecular weight is 395 g/mol. The van der Waals surface area contributed by atoms with Gasteiger partial charge in [-0.1, -0.05) is 60.3 Å².